The fourth-order valence-electron chi connectivity index (χ4n) is 3.71. The zero-order chi connectivity index (χ0) is 25.8. The van der Waals surface area contributed by atoms with Crippen molar-refractivity contribution in [3.63, 3.8) is 0 Å². The van der Waals surface area contributed by atoms with Crippen LogP contribution in [0.2, 0.25) is 0 Å². The fourth-order valence-corrected chi connectivity index (χ4v) is 5.52. The van der Waals surface area contributed by atoms with Gasteiger partial charge in [-0.05, 0) is 49.1 Å². The van der Waals surface area contributed by atoms with E-state index in [1.54, 1.807) is 43.3 Å². The third-order valence-electron chi connectivity index (χ3n) is 5.37. The summed E-state index contributed by atoms with van der Waals surface area (Å²) in [6, 6.07) is 9.36. The molecular formula is C26H24N2O6S2. The van der Waals surface area contributed by atoms with E-state index < -0.39 is 23.7 Å². The smallest absolute Gasteiger partial charge is 0.350 e. The van der Waals surface area contributed by atoms with Gasteiger partial charge in [0.05, 0.1) is 17.9 Å². The predicted molar refractivity (Wildman–Crippen MR) is 139 cm³/mol. The fraction of sp³-hybridized carbons (Fsp3) is 0.231. The number of rotatable bonds is 9. The lowest BCUT2D eigenvalue weighted by Crippen LogP contribution is -2.29. The number of hydrogen-bond acceptors (Lipinski definition) is 9. The summed E-state index contributed by atoms with van der Waals surface area (Å²) in [6.07, 6.45) is 2.31. The van der Waals surface area contributed by atoms with E-state index in [-0.39, 0.29) is 27.9 Å². The average molecular weight is 525 g/mol. The summed E-state index contributed by atoms with van der Waals surface area (Å²) in [4.78, 5) is 45.4. The van der Waals surface area contributed by atoms with Gasteiger partial charge in [-0.25, -0.2) is 9.78 Å². The maximum absolute atomic E-state index is 13.2. The summed E-state index contributed by atoms with van der Waals surface area (Å²) in [5.41, 5.74) is 0.703. The van der Waals surface area contributed by atoms with Crippen molar-refractivity contribution in [3.8, 4) is 5.75 Å². The van der Waals surface area contributed by atoms with Gasteiger partial charge in [0, 0.05) is 10.4 Å². The van der Waals surface area contributed by atoms with Crippen LogP contribution in [0.3, 0.4) is 0 Å². The summed E-state index contributed by atoms with van der Waals surface area (Å²) in [7, 11) is 0. The van der Waals surface area contributed by atoms with E-state index in [2.05, 4.69) is 11.6 Å². The number of anilines is 1. The number of carbonyl (C=O) groups is 3. The minimum absolute atomic E-state index is 0.0352. The Bertz CT molecular complexity index is 1320. The summed E-state index contributed by atoms with van der Waals surface area (Å²) in [5, 5.41) is 13.2. The number of thiazole rings is 1. The number of ketones is 1. The Balaban J connectivity index is 1.77. The molecule has 1 saturated heterocycles. The number of amides is 1. The number of esters is 1. The normalized spacial score (nSPS) is 16.8. The van der Waals surface area contributed by atoms with Crippen molar-refractivity contribution < 1.29 is 29.0 Å². The van der Waals surface area contributed by atoms with Crippen molar-refractivity contribution in [2.75, 3.05) is 18.1 Å². The molecule has 8 nitrogen and oxygen atoms in total. The average Bonchev–Trinajstić information content (AvgIpc) is 3.60. The number of thiophene rings is 1. The zero-order valence-electron chi connectivity index (χ0n) is 19.7. The summed E-state index contributed by atoms with van der Waals surface area (Å²) in [5.74, 6) is -1.92. The molecule has 1 fully saturated rings. The second-order valence-corrected chi connectivity index (χ2v) is 9.81. The van der Waals surface area contributed by atoms with Crippen molar-refractivity contribution in [2.45, 2.75) is 26.3 Å². The highest BCUT2D eigenvalue weighted by atomic mass is 32.1. The van der Waals surface area contributed by atoms with E-state index in [1.165, 1.54) is 22.3 Å². The number of Topliss-reactive ketones (excluding diaryl/α,β-unsaturated/α-hetero) is 1. The Morgan fingerprint density at radius 1 is 1.25 bits per heavy atom. The van der Waals surface area contributed by atoms with Crippen LogP contribution in [0.25, 0.3) is 5.76 Å². The molecule has 4 rings (SSSR count). The highest BCUT2D eigenvalue weighted by Gasteiger charge is 2.49. The third kappa shape index (κ3) is 4.82. The van der Waals surface area contributed by atoms with Crippen LogP contribution >= 0.6 is 22.7 Å². The Kier molecular flexibility index (Phi) is 7.66. The second-order valence-electron chi connectivity index (χ2n) is 7.86. The largest absolute Gasteiger partial charge is 0.507 e. The van der Waals surface area contributed by atoms with E-state index in [4.69, 9.17) is 9.47 Å². The van der Waals surface area contributed by atoms with E-state index in [9.17, 15) is 19.5 Å². The lowest BCUT2D eigenvalue weighted by Gasteiger charge is -2.21. The van der Waals surface area contributed by atoms with Gasteiger partial charge in [-0.2, -0.15) is 0 Å². The molecule has 0 saturated carbocycles. The van der Waals surface area contributed by atoms with Gasteiger partial charge in [-0.15, -0.1) is 11.3 Å². The summed E-state index contributed by atoms with van der Waals surface area (Å²) in [6.45, 7) is 7.75. The maximum Gasteiger partial charge on any atom is 0.350 e. The second kappa shape index (κ2) is 10.9. The molecule has 36 heavy (non-hydrogen) atoms. The number of hydrogen-bond donors (Lipinski definition) is 1. The first-order valence-corrected chi connectivity index (χ1v) is 12.9. The number of aromatic nitrogens is 1. The van der Waals surface area contributed by atoms with Crippen LogP contribution in [-0.2, 0) is 14.3 Å². The molecule has 3 heterocycles. The molecule has 10 heteroatoms. The van der Waals surface area contributed by atoms with Crippen LogP contribution in [0, 0.1) is 6.92 Å². The molecule has 3 aromatic rings. The van der Waals surface area contributed by atoms with E-state index in [0.29, 0.717) is 28.5 Å². The van der Waals surface area contributed by atoms with Crippen LogP contribution < -0.4 is 9.64 Å². The minimum atomic E-state index is -0.899. The molecule has 2 aromatic heterocycles. The Labute approximate surface area is 216 Å². The van der Waals surface area contributed by atoms with Crippen molar-refractivity contribution in [2.24, 2.45) is 0 Å². The molecule has 1 unspecified atom stereocenters. The molecule has 1 N–H and O–H groups in total. The molecule has 0 aliphatic carbocycles. The van der Waals surface area contributed by atoms with Gasteiger partial charge in [0.1, 0.15) is 29.0 Å². The van der Waals surface area contributed by atoms with Crippen LogP contribution in [0.1, 0.15) is 45.2 Å². The first-order valence-electron chi connectivity index (χ1n) is 11.2. The number of aliphatic hydroxyl groups excluding tert-OH is 1. The first-order chi connectivity index (χ1) is 17.4. The molecular weight excluding hydrogens is 500 g/mol. The van der Waals surface area contributed by atoms with Gasteiger partial charge in [0.15, 0.2) is 5.13 Å². The van der Waals surface area contributed by atoms with E-state index in [0.717, 1.165) is 17.8 Å². The number of ether oxygens (including phenoxy) is 2. The van der Waals surface area contributed by atoms with Crippen molar-refractivity contribution >= 4 is 51.2 Å². The van der Waals surface area contributed by atoms with Crippen LogP contribution in [-0.4, -0.2) is 41.0 Å². The maximum atomic E-state index is 13.2. The highest BCUT2D eigenvalue weighted by Crippen LogP contribution is 2.45. The molecule has 1 atom stereocenters. The molecule has 0 bridgehead atoms. The molecule has 1 aliphatic heterocycles. The van der Waals surface area contributed by atoms with Crippen LogP contribution in [0.15, 0.2) is 60.0 Å². The zero-order valence-corrected chi connectivity index (χ0v) is 21.4. The van der Waals surface area contributed by atoms with Gasteiger partial charge < -0.3 is 14.6 Å². The Hall–Kier alpha value is -3.76. The molecule has 186 valence electrons. The number of carbonyl (C=O) groups excluding carboxylic acids is 3. The van der Waals surface area contributed by atoms with E-state index >= 15 is 0 Å². The predicted octanol–water partition coefficient (Wildman–Crippen LogP) is 5.27. The van der Waals surface area contributed by atoms with E-state index in [1.807, 2.05) is 12.3 Å². The lowest BCUT2D eigenvalue weighted by molar-refractivity contribution is -0.132. The van der Waals surface area contributed by atoms with Gasteiger partial charge in [0.25, 0.3) is 5.78 Å². The SMILES string of the molecule is C=CCOC(=O)c1sc(N2C(=O)C(=O)/C(=C(/O)c3ccc(OCCC)cc3)C2c2cccs2)nc1C. The van der Waals surface area contributed by atoms with Crippen LogP contribution in [0.4, 0.5) is 5.13 Å². The minimum Gasteiger partial charge on any atom is -0.507 e. The number of nitrogens with zero attached hydrogens (tertiary/aromatic N) is 2. The quantitative estimate of drug-likeness (QED) is 0.134. The monoisotopic (exact) mass is 524 g/mol. The summed E-state index contributed by atoms with van der Waals surface area (Å²) < 4.78 is 10.7. The molecule has 1 amide bonds. The Morgan fingerprint density at radius 3 is 2.64 bits per heavy atom. The van der Waals surface area contributed by atoms with Gasteiger partial charge in [0.2, 0.25) is 0 Å². The van der Waals surface area contributed by atoms with Crippen LogP contribution in [0.5, 0.6) is 5.75 Å². The van der Waals surface area contributed by atoms with Crippen molar-refractivity contribution in [1.29, 1.82) is 0 Å². The van der Waals surface area contributed by atoms with Gasteiger partial charge in [-0.3, -0.25) is 14.5 Å². The third-order valence-corrected chi connectivity index (χ3v) is 7.43. The van der Waals surface area contributed by atoms with Crippen molar-refractivity contribution in [3.05, 3.63) is 81.0 Å². The molecule has 0 spiro atoms. The molecule has 1 aromatic carbocycles. The first kappa shape index (κ1) is 25.3. The molecule has 0 radical (unpaired) electrons. The number of benzene rings is 1. The summed E-state index contributed by atoms with van der Waals surface area (Å²) >= 11 is 2.30. The number of aryl methyl sites for hydroxylation is 1. The molecule has 1 aliphatic rings. The Morgan fingerprint density at radius 2 is 2.00 bits per heavy atom. The highest BCUT2D eigenvalue weighted by molar-refractivity contribution is 7.18. The van der Waals surface area contributed by atoms with Gasteiger partial charge >= 0.3 is 11.9 Å². The van der Waals surface area contributed by atoms with Gasteiger partial charge in [-0.1, -0.05) is 37.0 Å². The standard InChI is InChI=1S/C26H24N2O6S2/c1-4-12-33-17-10-8-16(9-11-17)21(29)19-20(18-7-6-14-35-18)28(24(31)22(19)30)26-27-15(3)23(36-26)25(32)34-13-5-2/h5-11,14,20,29H,2,4,12-13H2,1,3H3/b21-19+. The number of aliphatic hydroxyl groups is 1. The lowest BCUT2D eigenvalue weighted by atomic mass is 10.00. The topological polar surface area (TPSA) is 106 Å². The van der Waals surface area contributed by atoms with Crippen molar-refractivity contribution in [1.82, 2.24) is 4.98 Å².